The average Bonchev–Trinajstić information content (AvgIpc) is 2.76. The fraction of sp³-hybridized carbons (Fsp3) is 0.364. The first-order chi connectivity index (χ1) is 14.5. The third-order valence-electron chi connectivity index (χ3n) is 4.51. The summed E-state index contributed by atoms with van der Waals surface area (Å²) in [6, 6.07) is 16.0. The summed E-state index contributed by atoms with van der Waals surface area (Å²) in [6.45, 7) is 2.64. The second kappa shape index (κ2) is 13.1. The Bertz CT molecular complexity index is 786. The molecular formula is C22H27BrN2O5. The highest BCUT2D eigenvalue weighted by Gasteiger charge is 2.25. The fourth-order valence-corrected chi connectivity index (χ4v) is 3.25. The minimum Gasteiger partial charge on any atom is -0.356 e. The maximum absolute atomic E-state index is 12.7. The minimum atomic E-state index is -0.552. The Kier molecular flexibility index (Phi) is 10.5. The molecule has 162 valence electrons. The maximum Gasteiger partial charge on any atom is 0.251 e. The highest BCUT2D eigenvalue weighted by Crippen LogP contribution is 2.17. The molecule has 7 nitrogen and oxygen atoms in total. The van der Waals surface area contributed by atoms with Gasteiger partial charge in [-0.05, 0) is 49.6 Å². The number of rotatable bonds is 12. The SMILES string of the molecule is CCOCOC[C@H](C[C@H](Cc1ccccc1)C(=O)NO)NC(=O)c1ccc(Br)cc1. The van der Waals surface area contributed by atoms with Crippen molar-refractivity contribution in [3.05, 3.63) is 70.2 Å². The molecular weight excluding hydrogens is 452 g/mol. The molecule has 0 aliphatic heterocycles. The van der Waals surface area contributed by atoms with Gasteiger partial charge >= 0.3 is 0 Å². The number of ether oxygens (including phenoxy) is 2. The quantitative estimate of drug-likeness (QED) is 0.188. The van der Waals surface area contributed by atoms with E-state index >= 15 is 0 Å². The van der Waals surface area contributed by atoms with Crippen LogP contribution in [-0.4, -0.2) is 43.1 Å². The Balaban J connectivity index is 2.10. The van der Waals surface area contributed by atoms with Crippen LogP contribution < -0.4 is 10.8 Å². The molecule has 0 unspecified atom stereocenters. The highest BCUT2D eigenvalue weighted by atomic mass is 79.9. The van der Waals surface area contributed by atoms with Crippen molar-refractivity contribution in [3.8, 4) is 0 Å². The zero-order chi connectivity index (χ0) is 21.8. The topological polar surface area (TPSA) is 96.9 Å². The van der Waals surface area contributed by atoms with Gasteiger partial charge in [0.25, 0.3) is 5.91 Å². The average molecular weight is 479 g/mol. The van der Waals surface area contributed by atoms with Gasteiger partial charge < -0.3 is 14.8 Å². The molecule has 8 heteroatoms. The van der Waals surface area contributed by atoms with Crippen molar-refractivity contribution in [1.82, 2.24) is 10.8 Å². The maximum atomic E-state index is 12.7. The number of nitrogens with one attached hydrogen (secondary N) is 2. The summed E-state index contributed by atoms with van der Waals surface area (Å²) >= 11 is 3.35. The van der Waals surface area contributed by atoms with Gasteiger partial charge in [0, 0.05) is 22.6 Å². The lowest BCUT2D eigenvalue weighted by molar-refractivity contribution is -0.134. The minimum absolute atomic E-state index is 0.0940. The molecule has 2 aromatic rings. The van der Waals surface area contributed by atoms with Crippen LogP contribution >= 0.6 is 15.9 Å². The van der Waals surface area contributed by atoms with Crippen molar-refractivity contribution < 1.29 is 24.3 Å². The lowest BCUT2D eigenvalue weighted by Crippen LogP contribution is -2.42. The van der Waals surface area contributed by atoms with E-state index in [0.717, 1.165) is 10.0 Å². The molecule has 30 heavy (non-hydrogen) atoms. The normalized spacial score (nSPS) is 12.8. The Labute approximate surface area is 184 Å². The van der Waals surface area contributed by atoms with E-state index in [-0.39, 0.29) is 25.7 Å². The van der Waals surface area contributed by atoms with Crippen LogP contribution in [0.25, 0.3) is 0 Å². The molecule has 0 aromatic heterocycles. The van der Waals surface area contributed by atoms with Crippen LogP contribution in [0.2, 0.25) is 0 Å². The van der Waals surface area contributed by atoms with Crippen LogP contribution in [0.4, 0.5) is 0 Å². The first-order valence-corrected chi connectivity index (χ1v) is 10.5. The van der Waals surface area contributed by atoms with Crippen LogP contribution in [0.5, 0.6) is 0 Å². The van der Waals surface area contributed by atoms with E-state index in [1.165, 1.54) is 0 Å². The number of hydroxylamine groups is 1. The predicted octanol–water partition coefficient (Wildman–Crippen LogP) is 3.31. The molecule has 2 atom stereocenters. The summed E-state index contributed by atoms with van der Waals surface area (Å²) in [7, 11) is 0. The Morgan fingerprint density at radius 1 is 1.07 bits per heavy atom. The molecule has 0 radical (unpaired) electrons. The zero-order valence-electron chi connectivity index (χ0n) is 16.8. The van der Waals surface area contributed by atoms with Gasteiger partial charge in [0.15, 0.2) is 0 Å². The monoisotopic (exact) mass is 478 g/mol. The van der Waals surface area contributed by atoms with Crippen LogP contribution in [0.3, 0.4) is 0 Å². The standard InChI is InChI=1S/C22H27BrN2O5/c1-2-29-15-30-14-20(24-21(26)17-8-10-19(23)11-9-17)13-18(22(27)25-28)12-16-6-4-3-5-7-16/h3-11,18,20,28H,2,12-15H2,1H3,(H,24,26)(H,25,27)/t18-,20-/m0/s1. The summed E-state index contributed by atoms with van der Waals surface area (Å²) in [5.74, 6) is -1.33. The van der Waals surface area contributed by atoms with Gasteiger partial charge in [-0.25, -0.2) is 5.48 Å². The van der Waals surface area contributed by atoms with Crippen molar-refractivity contribution >= 4 is 27.7 Å². The Morgan fingerprint density at radius 3 is 2.40 bits per heavy atom. The first-order valence-electron chi connectivity index (χ1n) is 9.73. The Morgan fingerprint density at radius 2 is 1.77 bits per heavy atom. The van der Waals surface area contributed by atoms with Crippen molar-refractivity contribution in [2.75, 3.05) is 20.0 Å². The highest BCUT2D eigenvalue weighted by molar-refractivity contribution is 9.10. The smallest absolute Gasteiger partial charge is 0.251 e. The summed E-state index contributed by atoms with van der Waals surface area (Å²) in [6.07, 6.45) is 0.707. The fourth-order valence-electron chi connectivity index (χ4n) is 2.99. The van der Waals surface area contributed by atoms with E-state index < -0.39 is 17.9 Å². The second-order valence-corrected chi connectivity index (χ2v) is 7.67. The van der Waals surface area contributed by atoms with Gasteiger partial charge in [-0.3, -0.25) is 14.8 Å². The summed E-state index contributed by atoms with van der Waals surface area (Å²) < 4.78 is 11.6. The van der Waals surface area contributed by atoms with Crippen LogP contribution in [0.15, 0.2) is 59.1 Å². The van der Waals surface area contributed by atoms with E-state index in [1.807, 2.05) is 37.3 Å². The van der Waals surface area contributed by atoms with Gasteiger partial charge in [-0.2, -0.15) is 0 Å². The van der Waals surface area contributed by atoms with E-state index in [0.29, 0.717) is 18.6 Å². The second-order valence-electron chi connectivity index (χ2n) is 6.76. The molecule has 0 fully saturated rings. The summed E-state index contributed by atoms with van der Waals surface area (Å²) in [5.41, 5.74) is 3.19. The lowest BCUT2D eigenvalue weighted by Gasteiger charge is -2.24. The molecule has 0 heterocycles. The van der Waals surface area contributed by atoms with Gasteiger partial charge in [0.1, 0.15) is 6.79 Å². The van der Waals surface area contributed by atoms with Crippen LogP contribution in [0.1, 0.15) is 29.3 Å². The third-order valence-corrected chi connectivity index (χ3v) is 5.04. The van der Waals surface area contributed by atoms with Crippen LogP contribution in [-0.2, 0) is 20.7 Å². The number of hydrogen-bond donors (Lipinski definition) is 3. The number of hydrogen-bond acceptors (Lipinski definition) is 5. The molecule has 0 aliphatic carbocycles. The number of benzene rings is 2. The lowest BCUT2D eigenvalue weighted by atomic mass is 9.92. The molecule has 0 saturated carbocycles. The van der Waals surface area contributed by atoms with E-state index in [2.05, 4.69) is 21.2 Å². The molecule has 2 amide bonds. The van der Waals surface area contributed by atoms with E-state index in [4.69, 9.17) is 9.47 Å². The van der Waals surface area contributed by atoms with Crippen LogP contribution in [0, 0.1) is 5.92 Å². The van der Waals surface area contributed by atoms with Crippen molar-refractivity contribution in [2.24, 2.45) is 5.92 Å². The Hall–Kier alpha value is -2.26. The molecule has 0 aliphatic rings. The van der Waals surface area contributed by atoms with Gasteiger partial charge in [-0.1, -0.05) is 46.3 Å². The molecule has 3 N–H and O–H groups in total. The zero-order valence-corrected chi connectivity index (χ0v) is 18.4. The third kappa shape index (κ3) is 8.23. The molecule has 0 spiro atoms. The van der Waals surface area contributed by atoms with Gasteiger partial charge in [0.2, 0.25) is 5.91 Å². The predicted molar refractivity (Wildman–Crippen MR) is 116 cm³/mol. The summed E-state index contributed by atoms with van der Waals surface area (Å²) in [4.78, 5) is 24.9. The molecule has 2 rings (SSSR count). The van der Waals surface area contributed by atoms with Crippen molar-refractivity contribution in [2.45, 2.75) is 25.8 Å². The molecule has 0 bridgehead atoms. The number of carbonyl (C=O) groups is 2. The number of carbonyl (C=O) groups excluding carboxylic acids is 2. The van der Waals surface area contributed by atoms with Gasteiger partial charge in [-0.15, -0.1) is 0 Å². The number of amides is 2. The first kappa shape index (κ1) is 24.0. The van der Waals surface area contributed by atoms with Crippen molar-refractivity contribution in [3.63, 3.8) is 0 Å². The molecule has 2 aromatic carbocycles. The van der Waals surface area contributed by atoms with Gasteiger partial charge in [0.05, 0.1) is 12.6 Å². The van der Waals surface area contributed by atoms with Crippen molar-refractivity contribution in [1.29, 1.82) is 0 Å². The van der Waals surface area contributed by atoms with E-state index in [9.17, 15) is 14.8 Å². The summed E-state index contributed by atoms with van der Waals surface area (Å²) in [5, 5.41) is 12.1. The largest absolute Gasteiger partial charge is 0.356 e. The van der Waals surface area contributed by atoms with E-state index in [1.54, 1.807) is 29.7 Å². The molecule has 0 saturated heterocycles. The number of halogens is 1.